The van der Waals surface area contributed by atoms with Crippen molar-refractivity contribution < 1.29 is 23.6 Å². The number of hydrogen-bond acceptors (Lipinski definition) is 7. The lowest BCUT2D eigenvalue weighted by Gasteiger charge is -2.24. The Labute approximate surface area is 222 Å². The van der Waals surface area contributed by atoms with Gasteiger partial charge < -0.3 is 19.5 Å². The van der Waals surface area contributed by atoms with Crippen molar-refractivity contribution in [2.45, 2.75) is 59.5 Å². The lowest BCUT2D eigenvalue weighted by Crippen LogP contribution is -2.28. The van der Waals surface area contributed by atoms with E-state index < -0.39 is 17.6 Å². The summed E-state index contributed by atoms with van der Waals surface area (Å²) in [6, 6.07) is 12.3. The second-order valence-corrected chi connectivity index (χ2v) is 10.6. The van der Waals surface area contributed by atoms with Crippen LogP contribution in [0.4, 0.5) is 21.9 Å². The van der Waals surface area contributed by atoms with Gasteiger partial charge in [0.1, 0.15) is 5.60 Å². The first-order valence-electron chi connectivity index (χ1n) is 12.7. The summed E-state index contributed by atoms with van der Waals surface area (Å²) in [5.41, 5.74) is 3.91. The summed E-state index contributed by atoms with van der Waals surface area (Å²) in [7, 11) is 0. The number of amides is 2. The Kier molecular flexibility index (Phi) is 7.85. The number of Topliss-reactive ketones (excluding diaryl/α,β-unsaturated/α-hetero) is 1. The van der Waals surface area contributed by atoms with Crippen LogP contribution in [0, 0.1) is 13.8 Å². The Balaban J connectivity index is 1.52. The lowest BCUT2D eigenvalue weighted by molar-refractivity contribution is -0.115. The van der Waals surface area contributed by atoms with Gasteiger partial charge in [-0.05, 0) is 71.2 Å². The Morgan fingerprint density at radius 2 is 1.71 bits per heavy atom. The second kappa shape index (κ2) is 11.1. The molecule has 0 unspecified atom stereocenters. The Morgan fingerprint density at radius 1 is 1.00 bits per heavy atom. The van der Waals surface area contributed by atoms with Crippen LogP contribution in [0.2, 0.25) is 0 Å². The van der Waals surface area contributed by atoms with Crippen LogP contribution in [0.15, 0.2) is 47.0 Å². The van der Waals surface area contributed by atoms with Crippen LogP contribution in [-0.4, -0.2) is 41.6 Å². The maximum absolute atomic E-state index is 13.0. The minimum absolute atomic E-state index is 0.340. The highest BCUT2D eigenvalue weighted by Gasteiger charge is 2.22. The van der Waals surface area contributed by atoms with E-state index in [9.17, 15) is 14.4 Å². The normalized spacial score (nSPS) is 13.3. The molecule has 2 heterocycles. The van der Waals surface area contributed by atoms with E-state index in [0.717, 1.165) is 42.9 Å². The third-order valence-corrected chi connectivity index (χ3v) is 6.11. The number of ether oxygens (including phenoxy) is 1. The average Bonchev–Trinajstić information content (AvgIpc) is 3.51. The first kappa shape index (κ1) is 26.9. The molecule has 0 spiro atoms. The van der Waals surface area contributed by atoms with Gasteiger partial charge in [0.25, 0.3) is 0 Å². The summed E-state index contributed by atoms with van der Waals surface area (Å²) in [5, 5.41) is 9.47. The number of carbonyl (C=O) groups excluding carboxylic acids is 3. The Hall–Kier alpha value is -4.14. The monoisotopic (exact) mass is 518 g/mol. The molecule has 38 heavy (non-hydrogen) atoms. The van der Waals surface area contributed by atoms with Gasteiger partial charge in [-0.1, -0.05) is 23.4 Å². The minimum atomic E-state index is -0.679. The van der Waals surface area contributed by atoms with Gasteiger partial charge in [0.15, 0.2) is 11.5 Å². The smallest absolute Gasteiger partial charge is 0.412 e. The number of carbonyl (C=O) groups is 3. The zero-order chi connectivity index (χ0) is 27.4. The minimum Gasteiger partial charge on any atom is -0.444 e. The van der Waals surface area contributed by atoms with Gasteiger partial charge >= 0.3 is 6.09 Å². The summed E-state index contributed by atoms with van der Waals surface area (Å²) >= 11 is 0. The van der Waals surface area contributed by atoms with E-state index >= 15 is 0 Å². The Bertz CT molecular complexity index is 1350. The van der Waals surface area contributed by atoms with Gasteiger partial charge in [0.05, 0.1) is 23.5 Å². The van der Waals surface area contributed by atoms with Gasteiger partial charge in [-0.25, -0.2) is 4.79 Å². The van der Waals surface area contributed by atoms with Crippen molar-refractivity contribution in [2.75, 3.05) is 28.6 Å². The van der Waals surface area contributed by atoms with Crippen LogP contribution in [0.25, 0.3) is 11.3 Å². The summed E-state index contributed by atoms with van der Waals surface area (Å²) < 4.78 is 10.7. The SMILES string of the molecule is Cc1cc(-c2cccc(C(=O)CC(=O)Nc3cc(C)c(N4CCCC4)cc3NC(=O)OC(C)(C)C)c2)on1. The molecule has 1 aliphatic rings. The van der Waals surface area contributed by atoms with E-state index in [0.29, 0.717) is 28.3 Å². The third-order valence-electron chi connectivity index (χ3n) is 6.11. The molecule has 1 aromatic heterocycles. The summed E-state index contributed by atoms with van der Waals surface area (Å²) in [5.74, 6) is -0.280. The molecular weight excluding hydrogens is 484 g/mol. The predicted molar refractivity (Wildman–Crippen MR) is 147 cm³/mol. The van der Waals surface area contributed by atoms with Crippen molar-refractivity contribution in [2.24, 2.45) is 0 Å². The van der Waals surface area contributed by atoms with Crippen LogP contribution >= 0.6 is 0 Å². The maximum Gasteiger partial charge on any atom is 0.412 e. The third kappa shape index (κ3) is 6.79. The van der Waals surface area contributed by atoms with Crippen LogP contribution in [0.5, 0.6) is 0 Å². The topological polar surface area (TPSA) is 114 Å². The molecule has 1 fully saturated rings. The van der Waals surface area contributed by atoms with Crippen molar-refractivity contribution in [1.82, 2.24) is 5.16 Å². The summed E-state index contributed by atoms with van der Waals surface area (Å²) in [6.07, 6.45) is 1.22. The number of nitrogens with one attached hydrogen (secondary N) is 2. The van der Waals surface area contributed by atoms with E-state index in [2.05, 4.69) is 20.7 Å². The van der Waals surface area contributed by atoms with Crippen molar-refractivity contribution in [3.8, 4) is 11.3 Å². The van der Waals surface area contributed by atoms with E-state index in [1.165, 1.54) is 0 Å². The summed E-state index contributed by atoms with van der Waals surface area (Å²) in [4.78, 5) is 40.7. The zero-order valence-electron chi connectivity index (χ0n) is 22.5. The van der Waals surface area contributed by atoms with E-state index in [1.807, 2.05) is 32.0 Å². The molecule has 0 atom stereocenters. The highest BCUT2D eigenvalue weighted by atomic mass is 16.6. The van der Waals surface area contributed by atoms with Crippen LogP contribution < -0.4 is 15.5 Å². The van der Waals surface area contributed by atoms with E-state index in [4.69, 9.17) is 9.26 Å². The van der Waals surface area contributed by atoms with Crippen LogP contribution in [-0.2, 0) is 9.53 Å². The molecule has 0 bridgehead atoms. The molecule has 2 N–H and O–H groups in total. The van der Waals surface area contributed by atoms with Gasteiger partial charge in [-0.3, -0.25) is 14.9 Å². The number of aryl methyl sites for hydroxylation is 2. The number of anilines is 3. The number of rotatable bonds is 7. The standard InChI is InChI=1S/C29H34N4O5/c1-18-13-22(23(31-28(36)37-29(3,4)5)16-24(18)33-11-6-7-12-33)30-27(35)17-25(34)20-9-8-10-21(15-20)26-14-19(2)32-38-26/h8-10,13-16H,6-7,11-12,17H2,1-5H3,(H,30,35)(H,31,36). The van der Waals surface area contributed by atoms with E-state index in [-0.39, 0.29) is 12.2 Å². The number of hydrogen-bond donors (Lipinski definition) is 2. The molecule has 2 aromatic carbocycles. The van der Waals surface area contributed by atoms with Crippen molar-refractivity contribution in [1.29, 1.82) is 0 Å². The molecular formula is C29H34N4O5. The van der Waals surface area contributed by atoms with Gasteiger partial charge in [0, 0.05) is 36.0 Å². The molecule has 2 amide bonds. The largest absolute Gasteiger partial charge is 0.444 e. The van der Waals surface area contributed by atoms with Crippen LogP contribution in [0.3, 0.4) is 0 Å². The van der Waals surface area contributed by atoms with Gasteiger partial charge in [-0.2, -0.15) is 0 Å². The first-order valence-corrected chi connectivity index (χ1v) is 12.7. The summed E-state index contributed by atoms with van der Waals surface area (Å²) in [6.45, 7) is 11.0. The molecule has 3 aromatic rings. The fourth-order valence-corrected chi connectivity index (χ4v) is 4.40. The highest BCUT2D eigenvalue weighted by molar-refractivity contribution is 6.12. The quantitative estimate of drug-likeness (QED) is 0.286. The predicted octanol–water partition coefficient (Wildman–Crippen LogP) is 6.12. The number of nitrogens with zero attached hydrogens (tertiary/aromatic N) is 2. The zero-order valence-corrected chi connectivity index (χ0v) is 22.5. The molecule has 0 saturated carbocycles. The average molecular weight is 519 g/mol. The molecule has 1 aliphatic heterocycles. The molecule has 9 heteroatoms. The highest BCUT2D eigenvalue weighted by Crippen LogP contribution is 2.34. The van der Waals surface area contributed by atoms with Crippen molar-refractivity contribution in [3.63, 3.8) is 0 Å². The molecule has 1 saturated heterocycles. The number of aromatic nitrogens is 1. The first-order chi connectivity index (χ1) is 18.0. The molecule has 9 nitrogen and oxygen atoms in total. The number of ketones is 1. The molecule has 0 radical (unpaired) electrons. The molecule has 4 rings (SSSR count). The van der Waals surface area contributed by atoms with E-state index in [1.54, 1.807) is 45.0 Å². The Morgan fingerprint density at radius 3 is 2.37 bits per heavy atom. The van der Waals surface area contributed by atoms with Gasteiger partial charge in [0.2, 0.25) is 5.91 Å². The fourth-order valence-electron chi connectivity index (χ4n) is 4.40. The van der Waals surface area contributed by atoms with Crippen molar-refractivity contribution >= 4 is 34.8 Å². The maximum atomic E-state index is 13.0. The molecule has 0 aliphatic carbocycles. The van der Waals surface area contributed by atoms with Crippen molar-refractivity contribution in [3.05, 3.63) is 59.3 Å². The molecule has 200 valence electrons. The van der Waals surface area contributed by atoms with Gasteiger partial charge in [-0.15, -0.1) is 0 Å². The number of benzene rings is 2. The second-order valence-electron chi connectivity index (χ2n) is 10.6. The fraction of sp³-hybridized carbons (Fsp3) is 0.379. The lowest BCUT2D eigenvalue weighted by atomic mass is 10.0. The van der Waals surface area contributed by atoms with Crippen LogP contribution in [0.1, 0.15) is 61.6 Å².